The van der Waals surface area contributed by atoms with E-state index in [2.05, 4.69) is 9.83 Å². The summed E-state index contributed by atoms with van der Waals surface area (Å²) in [4.78, 5) is 17.2. The number of hydrogen-bond acceptors (Lipinski definition) is 3. The van der Waals surface area contributed by atoms with Gasteiger partial charge in [0.05, 0.1) is 17.0 Å². The molecule has 0 fully saturated rings. The molecule has 0 bridgehead atoms. The first kappa shape index (κ1) is 10.3. The van der Waals surface area contributed by atoms with Crippen LogP contribution in [0, 0.1) is 16.7 Å². The first-order valence-corrected chi connectivity index (χ1v) is 4.61. The molecule has 0 saturated carbocycles. The average molecular weight is 234 g/mol. The zero-order valence-corrected chi connectivity index (χ0v) is 8.60. The van der Waals surface area contributed by atoms with Crippen molar-refractivity contribution in [2.75, 3.05) is 0 Å². The molecule has 0 radical (unpaired) electrons. The van der Waals surface area contributed by atoms with Crippen LogP contribution in [0.1, 0.15) is 0 Å². The van der Waals surface area contributed by atoms with E-state index in [0.717, 1.165) is 6.20 Å². The number of hydrogen-bond donors (Lipinski definition) is 0. The van der Waals surface area contributed by atoms with E-state index in [1.54, 1.807) is 12.1 Å². The topological polar surface area (TPSA) is 60.4 Å². The lowest BCUT2D eigenvalue weighted by Crippen LogP contribution is -1.91. The fraction of sp³-hybridized carbons (Fsp3) is 0. The summed E-state index contributed by atoms with van der Waals surface area (Å²) in [7, 11) is 0. The Morgan fingerprint density at radius 1 is 1.50 bits per heavy atom. The fourth-order valence-corrected chi connectivity index (χ4v) is 1.60. The van der Waals surface area contributed by atoms with Crippen molar-refractivity contribution in [2.45, 2.75) is 0 Å². The number of aromatic nitrogens is 1. The summed E-state index contributed by atoms with van der Waals surface area (Å²) in [5, 5.41) is 11.1. The van der Waals surface area contributed by atoms with Gasteiger partial charge in [-0.05, 0) is 12.1 Å². The lowest BCUT2D eigenvalue weighted by Gasteiger charge is -2.01. The van der Waals surface area contributed by atoms with Crippen LogP contribution >= 0.6 is 11.6 Å². The molecule has 2 rings (SSSR count). The predicted molar refractivity (Wildman–Crippen MR) is 59.7 cm³/mol. The van der Waals surface area contributed by atoms with Crippen molar-refractivity contribution in [1.82, 2.24) is 4.98 Å². The minimum absolute atomic E-state index is 0.0144. The highest BCUT2D eigenvalue weighted by Gasteiger charge is 2.16. The van der Waals surface area contributed by atoms with Crippen molar-refractivity contribution in [1.29, 1.82) is 0 Å². The highest BCUT2D eigenvalue weighted by atomic mass is 35.5. The van der Waals surface area contributed by atoms with E-state index >= 15 is 0 Å². The molecule has 16 heavy (non-hydrogen) atoms. The Kier molecular flexibility index (Phi) is 2.43. The Morgan fingerprint density at radius 3 is 2.88 bits per heavy atom. The minimum Gasteiger partial charge on any atom is -0.258 e. The molecule has 0 saturated heterocycles. The maximum absolute atomic E-state index is 10.6. The second-order valence-electron chi connectivity index (χ2n) is 3.03. The third-order valence-electron chi connectivity index (χ3n) is 2.09. The van der Waals surface area contributed by atoms with Crippen molar-refractivity contribution in [2.24, 2.45) is 0 Å². The van der Waals surface area contributed by atoms with E-state index in [-0.39, 0.29) is 10.7 Å². The second kappa shape index (κ2) is 3.76. The smallest absolute Gasteiger partial charge is 0.258 e. The molecular formula is C10H4ClN3O2. The summed E-state index contributed by atoms with van der Waals surface area (Å²) in [6.45, 7) is 6.86. The quantitative estimate of drug-likeness (QED) is 0.431. The zero-order valence-electron chi connectivity index (χ0n) is 7.85. The van der Waals surface area contributed by atoms with Gasteiger partial charge in [-0.15, -0.1) is 0 Å². The molecule has 0 aliphatic rings. The van der Waals surface area contributed by atoms with Crippen molar-refractivity contribution >= 4 is 33.9 Å². The molecule has 78 valence electrons. The summed E-state index contributed by atoms with van der Waals surface area (Å²) < 4.78 is 0. The molecule has 0 amide bonds. The minimum atomic E-state index is -0.598. The fourth-order valence-electron chi connectivity index (χ4n) is 1.33. The van der Waals surface area contributed by atoms with Crippen molar-refractivity contribution < 1.29 is 4.92 Å². The van der Waals surface area contributed by atoms with Gasteiger partial charge in [0, 0.05) is 5.39 Å². The number of rotatable bonds is 1. The lowest BCUT2D eigenvalue weighted by molar-refractivity contribution is -0.384. The van der Waals surface area contributed by atoms with Gasteiger partial charge in [-0.2, -0.15) is 0 Å². The molecule has 5 nitrogen and oxygen atoms in total. The van der Waals surface area contributed by atoms with Gasteiger partial charge >= 0.3 is 5.69 Å². The highest BCUT2D eigenvalue weighted by molar-refractivity contribution is 6.37. The van der Waals surface area contributed by atoms with E-state index in [0.29, 0.717) is 16.6 Å². The number of nitrogens with zero attached hydrogens (tertiary/aromatic N) is 3. The third-order valence-corrected chi connectivity index (χ3v) is 2.49. The Bertz CT molecular complexity index is 634. The van der Waals surface area contributed by atoms with E-state index in [9.17, 15) is 10.1 Å². The van der Waals surface area contributed by atoms with Crippen LogP contribution in [-0.2, 0) is 0 Å². The molecule has 0 N–H and O–H groups in total. The molecule has 1 aromatic carbocycles. The molecule has 1 heterocycles. The first-order chi connectivity index (χ1) is 7.63. The van der Waals surface area contributed by atoms with Crippen LogP contribution in [0.2, 0.25) is 5.02 Å². The number of benzene rings is 1. The van der Waals surface area contributed by atoms with Crippen LogP contribution in [0.5, 0.6) is 0 Å². The van der Waals surface area contributed by atoms with Crippen LogP contribution < -0.4 is 0 Å². The van der Waals surface area contributed by atoms with Crippen LogP contribution in [-0.4, -0.2) is 9.91 Å². The normalized spacial score (nSPS) is 10.0. The van der Waals surface area contributed by atoms with Gasteiger partial charge in [0.15, 0.2) is 5.69 Å². The van der Waals surface area contributed by atoms with Gasteiger partial charge in [0.2, 0.25) is 0 Å². The molecule has 0 spiro atoms. The summed E-state index contributed by atoms with van der Waals surface area (Å²) >= 11 is 5.88. The molecular weight excluding hydrogens is 230 g/mol. The van der Waals surface area contributed by atoms with E-state index in [1.807, 2.05) is 0 Å². The SMILES string of the molecule is [C-]#[N+]c1ccc2ncc([N+](=O)[O-])c(Cl)c2c1. The molecule has 0 unspecified atom stereocenters. The maximum atomic E-state index is 10.6. The standard InChI is InChI=1S/C10H4ClN3O2/c1-12-6-2-3-8-7(4-6)10(11)9(5-13-8)14(15)16/h2-5H. The van der Waals surface area contributed by atoms with Crippen molar-refractivity contribution in [3.8, 4) is 0 Å². The number of pyridine rings is 1. The average Bonchev–Trinajstić information content (AvgIpc) is 2.28. The van der Waals surface area contributed by atoms with Crippen LogP contribution in [0.25, 0.3) is 15.7 Å². The molecule has 0 aliphatic carbocycles. The largest absolute Gasteiger partial charge is 0.306 e. The Morgan fingerprint density at radius 2 is 2.25 bits per heavy atom. The highest BCUT2D eigenvalue weighted by Crippen LogP contribution is 2.32. The Labute approximate surface area is 95.3 Å². The number of halogens is 1. The van der Waals surface area contributed by atoms with E-state index < -0.39 is 4.92 Å². The second-order valence-corrected chi connectivity index (χ2v) is 3.41. The molecule has 2 aromatic rings. The van der Waals surface area contributed by atoms with Crippen LogP contribution in [0.4, 0.5) is 11.4 Å². The van der Waals surface area contributed by atoms with Crippen molar-refractivity contribution in [3.05, 3.63) is 51.0 Å². The summed E-state index contributed by atoms with van der Waals surface area (Å²) in [6.07, 6.45) is 1.11. The third kappa shape index (κ3) is 1.55. The summed E-state index contributed by atoms with van der Waals surface area (Å²) in [5.41, 5.74) is 0.649. The van der Waals surface area contributed by atoms with E-state index in [1.165, 1.54) is 6.07 Å². The summed E-state index contributed by atoms with van der Waals surface area (Å²) in [5.74, 6) is 0. The zero-order chi connectivity index (χ0) is 11.7. The van der Waals surface area contributed by atoms with Crippen LogP contribution in [0.3, 0.4) is 0 Å². The van der Waals surface area contributed by atoms with Gasteiger partial charge < -0.3 is 0 Å². The predicted octanol–water partition coefficient (Wildman–Crippen LogP) is 3.35. The van der Waals surface area contributed by atoms with Gasteiger partial charge in [0.25, 0.3) is 0 Å². The molecule has 1 aromatic heterocycles. The molecule has 0 aliphatic heterocycles. The molecule has 0 atom stereocenters. The summed E-state index contributed by atoms with van der Waals surface area (Å²) in [6, 6.07) is 4.69. The monoisotopic (exact) mass is 233 g/mol. The van der Waals surface area contributed by atoms with Gasteiger partial charge in [-0.1, -0.05) is 17.7 Å². The van der Waals surface area contributed by atoms with Crippen molar-refractivity contribution in [3.63, 3.8) is 0 Å². The Balaban J connectivity index is 2.82. The van der Waals surface area contributed by atoms with Gasteiger partial charge in [0.1, 0.15) is 11.2 Å². The van der Waals surface area contributed by atoms with Gasteiger partial charge in [-0.25, -0.2) is 9.83 Å². The molecule has 6 heteroatoms. The van der Waals surface area contributed by atoms with Gasteiger partial charge in [-0.3, -0.25) is 10.1 Å². The Hall–Kier alpha value is -2.19. The maximum Gasteiger partial charge on any atom is 0.306 e. The number of nitro groups is 1. The lowest BCUT2D eigenvalue weighted by atomic mass is 10.2. The first-order valence-electron chi connectivity index (χ1n) is 4.23. The van der Waals surface area contributed by atoms with Crippen LogP contribution in [0.15, 0.2) is 24.4 Å². The van der Waals surface area contributed by atoms with E-state index in [4.69, 9.17) is 18.2 Å². The number of fused-ring (bicyclic) bond motifs is 1.